The quantitative estimate of drug-likeness (QED) is 0.451. The maximum atomic E-state index is 13.4. The van der Waals surface area contributed by atoms with Gasteiger partial charge < -0.3 is 19.0 Å². The van der Waals surface area contributed by atoms with Crippen LogP contribution < -0.4 is 14.5 Å². The van der Waals surface area contributed by atoms with E-state index in [4.69, 9.17) is 14.1 Å². The lowest BCUT2D eigenvalue weighted by Gasteiger charge is -2.30. The highest BCUT2D eigenvalue weighted by molar-refractivity contribution is 9.10. The molecular formula is C18H19BrFN7O4. The van der Waals surface area contributed by atoms with Gasteiger partial charge in [-0.3, -0.25) is 0 Å². The smallest absolute Gasteiger partial charge is 0.336 e. The highest BCUT2D eigenvalue weighted by Gasteiger charge is 2.26. The molecule has 0 spiro atoms. The predicted octanol–water partition coefficient (Wildman–Crippen LogP) is 2.43. The maximum absolute atomic E-state index is 13.4. The average Bonchev–Trinajstić information content (AvgIpc) is 3.41. The number of aromatic nitrogens is 6. The van der Waals surface area contributed by atoms with E-state index in [9.17, 15) is 9.18 Å². The van der Waals surface area contributed by atoms with Gasteiger partial charge in [-0.15, -0.1) is 5.10 Å². The minimum Gasteiger partial charge on any atom is -0.489 e. The molecule has 1 saturated heterocycles. The molecule has 11 nitrogen and oxygen atoms in total. The van der Waals surface area contributed by atoms with Gasteiger partial charge in [0.2, 0.25) is 11.6 Å². The molecule has 3 aromatic rings. The zero-order valence-corrected chi connectivity index (χ0v) is 18.2. The molecule has 1 aliphatic heterocycles. The zero-order chi connectivity index (χ0) is 21.8. The normalized spacial score (nSPS) is 14.6. The fraction of sp³-hybridized carbons (Fsp3) is 0.444. The summed E-state index contributed by atoms with van der Waals surface area (Å²) in [6.07, 6.45) is 2.23. The van der Waals surface area contributed by atoms with Crippen molar-refractivity contribution in [3.63, 3.8) is 0 Å². The second-order valence-corrected chi connectivity index (χ2v) is 7.71. The molecular weight excluding hydrogens is 477 g/mol. The molecule has 164 valence electrons. The molecule has 4 rings (SSSR count). The van der Waals surface area contributed by atoms with Crippen LogP contribution in [0.3, 0.4) is 0 Å². The Bertz CT molecular complexity index is 1050. The predicted molar refractivity (Wildman–Crippen MR) is 108 cm³/mol. The van der Waals surface area contributed by atoms with Gasteiger partial charge in [0.25, 0.3) is 0 Å². The van der Waals surface area contributed by atoms with Crippen LogP contribution in [0.5, 0.6) is 5.75 Å². The van der Waals surface area contributed by atoms with Gasteiger partial charge in [-0.05, 0) is 39.7 Å². The number of nitrogens with zero attached hydrogens (tertiary/aromatic N) is 7. The van der Waals surface area contributed by atoms with Crippen molar-refractivity contribution in [2.45, 2.75) is 38.7 Å². The molecule has 0 amide bonds. The van der Waals surface area contributed by atoms with Crippen molar-refractivity contribution in [1.82, 2.24) is 30.5 Å². The first kappa shape index (κ1) is 21.2. The minimum absolute atomic E-state index is 0.0592. The van der Waals surface area contributed by atoms with Gasteiger partial charge in [-0.2, -0.15) is 4.98 Å². The van der Waals surface area contributed by atoms with E-state index in [1.54, 1.807) is 6.07 Å². The van der Waals surface area contributed by atoms with Crippen molar-refractivity contribution in [3.05, 3.63) is 28.5 Å². The van der Waals surface area contributed by atoms with Crippen molar-refractivity contribution < 1.29 is 23.3 Å². The molecule has 0 radical (unpaired) electrons. The lowest BCUT2D eigenvalue weighted by Crippen LogP contribution is -2.38. The number of anilines is 1. The van der Waals surface area contributed by atoms with Crippen LogP contribution in [-0.4, -0.2) is 55.7 Å². The zero-order valence-electron chi connectivity index (χ0n) is 16.6. The molecule has 1 aliphatic rings. The number of halogens is 2. The van der Waals surface area contributed by atoms with Gasteiger partial charge in [0.1, 0.15) is 17.7 Å². The topological polar surface area (TPSA) is 121 Å². The fourth-order valence-corrected chi connectivity index (χ4v) is 3.36. The number of carbonyl (C=O) groups is 1. The summed E-state index contributed by atoms with van der Waals surface area (Å²) in [4.78, 5) is 23.4. The standard InChI is InChI=1S/C18H19BrFN7O4/c1-2-3-15(28)31-27-23-17(22-25-27)16-21-18(30-24-16)26-8-6-12(7-9-26)29-14-10-11(20)4-5-13(14)19/h4-5,10,12H,2-3,6-9H2,1H3. The van der Waals surface area contributed by atoms with Crippen LogP contribution in [0.4, 0.5) is 10.4 Å². The summed E-state index contributed by atoms with van der Waals surface area (Å²) < 4.78 is 25.4. The molecule has 0 saturated carbocycles. The maximum Gasteiger partial charge on any atom is 0.336 e. The number of carbonyl (C=O) groups excluding carboxylic acids is 1. The third kappa shape index (κ3) is 5.16. The summed E-state index contributed by atoms with van der Waals surface area (Å²) in [6, 6.07) is 4.67. The molecule has 1 fully saturated rings. The highest BCUT2D eigenvalue weighted by Crippen LogP contribution is 2.29. The number of hydrogen-bond donors (Lipinski definition) is 0. The average molecular weight is 496 g/mol. The van der Waals surface area contributed by atoms with Crippen LogP contribution in [0.1, 0.15) is 32.6 Å². The van der Waals surface area contributed by atoms with Gasteiger partial charge >= 0.3 is 12.0 Å². The number of hydrogen-bond acceptors (Lipinski definition) is 10. The largest absolute Gasteiger partial charge is 0.489 e. The molecule has 13 heteroatoms. The summed E-state index contributed by atoms with van der Waals surface area (Å²) in [5.41, 5.74) is 0. The van der Waals surface area contributed by atoms with Crippen molar-refractivity contribution in [1.29, 1.82) is 0 Å². The van der Waals surface area contributed by atoms with Gasteiger partial charge in [0.05, 0.1) is 4.47 Å². The SMILES string of the molecule is CCCC(=O)On1nnc(-c2noc(N3CCC(Oc4cc(F)ccc4Br)CC3)n2)n1. The van der Waals surface area contributed by atoms with E-state index in [1.165, 1.54) is 12.1 Å². The third-order valence-corrected chi connectivity index (χ3v) is 5.20. The molecule has 2 aromatic heterocycles. The van der Waals surface area contributed by atoms with E-state index in [2.05, 4.69) is 41.5 Å². The summed E-state index contributed by atoms with van der Waals surface area (Å²) in [6.45, 7) is 3.10. The van der Waals surface area contributed by atoms with Crippen molar-refractivity contribution in [3.8, 4) is 17.4 Å². The number of rotatable bonds is 7. The Labute approximate surface area is 184 Å². The molecule has 31 heavy (non-hydrogen) atoms. The van der Waals surface area contributed by atoms with Crippen molar-refractivity contribution >= 4 is 27.9 Å². The van der Waals surface area contributed by atoms with E-state index in [-0.39, 0.29) is 30.0 Å². The molecule has 3 heterocycles. The summed E-state index contributed by atoms with van der Waals surface area (Å²) in [5.74, 6) is -0.119. The van der Waals surface area contributed by atoms with Crippen LogP contribution in [0.15, 0.2) is 27.2 Å². The lowest BCUT2D eigenvalue weighted by molar-refractivity contribution is -0.148. The summed E-state index contributed by atoms with van der Waals surface area (Å²) in [7, 11) is 0. The van der Waals surface area contributed by atoms with E-state index < -0.39 is 5.97 Å². The first-order valence-electron chi connectivity index (χ1n) is 9.73. The van der Waals surface area contributed by atoms with Gasteiger partial charge in [-0.1, -0.05) is 17.2 Å². The minimum atomic E-state index is -0.462. The van der Waals surface area contributed by atoms with Gasteiger partial charge in [0.15, 0.2) is 0 Å². The first-order chi connectivity index (χ1) is 15.0. The Hall–Kier alpha value is -3.09. The van der Waals surface area contributed by atoms with E-state index >= 15 is 0 Å². The van der Waals surface area contributed by atoms with E-state index in [1.807, 2.05) is 11.8 Å². The van der Waals surface area contributed by atoms with Crippen LogP contribution in [0.25, 0.3) is 11.6 Å². The molecule has 0 atom stereocenters. The Kier molecular flexibility index (Phi) is 6.39. The molecule has 0 aliphatic carbocycles. The molecule has 0 unspecified atom stereocenters. The van der Waals surface area contributed by atoms with Crippen LogP contribution in [0.2, 0.25) is 0 Å². The van der Waals surface area contributed by atoms with Crippen molar-refractivity contribution in [2.24, 2.45) is 0 Å². The second kappa shape index (κ2) is 9.37. The molecule has 1 aromatic carbocycles. The number of tetrazole rings is 1. The third-order valence-electron chi connectivity index (χ3n) is 4.55. The second-order valence-electron chi connectivity index (χ2n) is 6.86. The van der Waals surface area contributed by atoms with Crippen LogP contribution in [-0.2, 0) is 4.79 Å². The summed E-state index contributed by atoms with van der Waals surface area (Å²) >= 11 is 3.37. The highest BCUT2D eigenvalue weighted by atomic mass is 79.9. The number of piperidine rings is 1. The monoisotopic (exact) mass is 495 g/mol. The van der Waals surface area contributed by atoms with Gasteiger partial charge in [0, 0.05) is 43.4 Å². The van der Waals surface area contributed by atoms with E-state index in [0.29, 0.717) is 48.6 Å². The summed E-state index contributed by atoms with van der Waals surface area (Å²) in [5, 5.41) is 15.2. The first-order valence-corrected chi connectivity index (χ1v) is 10.5. The number of ether oxygens (including phenoxy) is 1. The molecule has 0 N–H and O–H groups in total. The number of benzene rings is 1. The lowest BCUT2D eigenvalue weighted by atomic mass is 10.1. The Balaban J connectivity index is 1.34. The van der Waals surface area contributed by atoms with Crippen LogP contribution >= 0.6 is 15.9 Å². The fourth-order valence-electron chi connectivity index (χ4n) is 3.02. The molecule has 0 bridgehead atoms. The van der Waals surface area contributed by atoms with Crippen molar-refractivity contribution in [2.75, 3.05) is 18.0 Å². The Morgan fingerprint density at radius 3 is 2.90 bits per heavy atom. The van der Waals surface area contributed by atoms with Gasteiger partial charge in [-0.25, -0.2) is 9.18 Å². The Morgan fingerprint density at radius 1 is 1.32 bits per heavy atom. The van der Waals surface area contributed by atoms with Crippen LogP contribution in [0, 0.1) is 5.82 Å². The Morgan fingerprint density at radius 2 is 2.13 bits per heavy atom. The van der Waals surface area contributed by atoms with E-state index in [0.717, 1.165) is 4.96 Å².